The molecule has 0 aromatic carbocycles. The highest BCUT2D eigenvalue weighted by Gasteiger charge is 2.52. The molecule has 2 fully saturated rings. The summed E-state index contributed by atoms with van der Waals surface area (Å²) in [5, 5.41) is 10.9. The van der Waals surface area contributed by atoms with Crippen LogP contribution in [0, 0.1) is 17.2 Å². The average molecular weight is 237 g/mol. The molecule has 1 spiro atoms. The minimum Gasteiger partial charge on any atom is -0.312 e. The van der Waals surface area contributed by atoms with Gasteiger partial charge in [-0.15, -0.1) is 0 Å². The molecule has 96 valence electrons. The molecule has 1 aliphatic carbocycles. The van der Waals surface area contributed by atoms with E-state index >= 15 is 0 Å². The van der Waals surface area contributed by atoms with Crippen LogP contribution in [-0.2, 0) is 0 Å². The van der Waals surface area contributed by atoms with E-state index in [-0.39, 0.29) is 11.6 Å². The summed E-state index contributed by atoms with van der Waals surface area (Å²) in [5.41, 5.74) is -0.329. The van der Waals surface area contributed by atoms with Crippen molar-refractivity contribution in [1.29, 1.82) is 5.41 Å². The maximum atomic E-state index is 11.9. The molecule has 1 heterocycles. The van der Waals surface area contributed by atoms with Crippen molar-refractivity contribution in [2.75, 3.05) is 6.54 Å². The molecule has 17 heavy (non-hydrogen) atoms. The second-order valence-corrected chi connectivity index (χ2v) is 5.84. The van der Waals surface area contributed by atoms with E-state index in [1.165, 1.54) is 6.42 Å². The number of carbonyl (C=O) groups is 1. The highest BCUT2D eigenvalue weighted by atomic mass is 16.2. The van der Waals surface area contributed by atoms with Gasteiger partial charge in [0.05, 0.1) is 0 Å². The molecular weight excluding hydrogens is 214 g/mol. The van der Waals surface area contributed by atoms with E-state index in [4.69, 9.17) is 5.41 Å². The van der Waals surface area contributed by atoms with Gasteiger partial charge in [-0.25, -0.2) is 4.79 Å². The van der Waals surface area contributed by atoms with E-state index in [1.807, 2.05) is 4.90 Å². The Labute approximate surface area is 103 Å². The number of hydrogen-bond acceptors (Lipinski definition) is 2. The first-order chi connectivity index (χ1) is 7.99. The normalized spacial score (nSPS) is 37.7. The molecule has 2 N–H and O–H groups in total. The fraction of sp³-hybridized carbons (Fsp3) is 0.846. The standard InChI is InChI=1S/C13H23N3O/c1-4-5-16-12(17)15-11(14)13(16)7-9(2)6-10(3)8-13/h9-10H,4-8H2,1-3H3,(H2,14,15,17). The van der Waals surface area contributed by atoms with Crippen molar-refractivity contribution >= 4 is 11.9 Å². The average Bonchev–Trinajstić information content (AvgIpc) is 2.42. The zero-order valence-electron chi connectivity index (χ0n) is 11.0. The van der Waals surface area contributed by atoms with Crippen LogP contribution < -0.4 is 5.32 Å². The Kier molecular flexibility index (Phi) is 3.15. The van der Waals surface area contributed by atoms with Crippen molar-refractivity contribution in [3.63, 3.8) is 0 Å². The van der Waals surface area contributed by atoms with Crippen LogP contribution in [0.25, 0.3) is 0 Å². The fourth-order valence-electron chi connectivity index (χ4n) is 3.67. The lowest BCUT2D eigenvalue weighted by molar-refractivity contribution is 0.104. The minimum atomic E-state index is -0.329. The van der Waals surface area contributed by atoms with Gasteiger partial charge >= 0.3 is 6.03 Å². The van der Waals surface area contributed by atoms with Gasteiger partial charge in [0.1, 0.15) is 11.4 Å². The molecule has 0 aromatic rings. The van der Waals surface area contributed by atoms with Gasteiger partial charge in [0.25, 0.3) is 0 Å². The molecule has 4 heteroatoms. The van der Waals surface area contributed by atoms with Gasteiger partial charge in [0.15, 0.2) is 0 Å². The number of carbonyl (C=O) groups excluding carboxylic acids is 1. The molecule has 1 aliphatic heterocycles. The fourth-order valence-corrected chi connectivity index (χ4v) is 3.67. The van der Waals surface area contributed by atoms with Gasteiger partial charge in [-0.3, -0.25) is 10.7 Å². The first-order valence-corrected chi connectivity index (χ1v) is 6.67. The van der Waals surface area contributed by atoms with Crippen LogP contribution in [0.15, 0.2) is 0 Å². The van der Waals surface area contributed by atoms with Gasteiger partial charge in [-0.2, -0.15) is 0 Å². The summed E-state index contributed by atoms with van der Waals surface area (Å²) in [6.07, 6.45) is 4.04. The Morgan fingerprint density at radius 3 is 2.53 bits per heavy atom. The van der Waals surface area contributed by atoms with E-state index in [0.29, 0.717) is 17.7 Å². The van der Waals surface area contributed by atoms with Crippen molar-refractivity contribution < 1.29 is 4.79 Å². The van der Waals surface area contributed by atoms with Crippen molar-refractivity contribution in [1.82, 2.24) is 10.2 Å². The Bertz CT molecular complexity index is 330. The molecule has 0 bridgehead atoms. The lowest BCUT2D eigenvalue weighted by Crippen LogP contribution is -2.54. The van der Waals surface area contributed by atoms with Crippen LogP contribution in [0.4, 0.5) is 4.79 Å². The summed E-state index contributed by atoms with van der Waals surface area (Å²) in [6, 6.07) is -0.0712. The van der Waals surface area contributed by atoms with Crippen molar-refractivity contribution in [3.8, 4) is 0 Å². The third kappa shape index (κ3) is 1.94. The SMILES string of the molecule is CCCN1C(=O)NC(=N)C12CC(C)CC(C)C2. The number of nitrogens with zero attached hydrogens (tertiary/aromatic N) is 1. The maximum Gasteiger partial charge on any atom is 0.323 e. The van der Waals surface area contributed by atoms with E-state index in [9.17, 15) is 4.79 Å². The van der Waals surface area contributed by atoms with Crippen LogP contribution in [0.5, 0.6) is 0 Å². The number of hydrogen-bond donors (Lipinski definition) is 2. The Balaban J connectivity index is 2.31. The molecule has 2 amide bonds. The molecule has 2 rings (SSSR count). The molecule has 1 saturated carbocycles. The predicted octanol–water partition coefficient (Wildman–Crippen LogP) is 2.59. The van der Waals surface area contributed by atoms with Crippen LogP contribution in [0.2, 0.25) is 0 Å². The highest BCUT2D eigenvalue weighted by molar-refractivity contribution is 6.08. The van der Waals surface area contributed by atoms with Gasteiger partial charge in [0, 0.05) is 6.54 Å². The number of urea groups is 1. The number of rotatable bonds is 2. The Morgan fingerprint density at radius 2 is 2.00 bits per heavy atom. The monoisotopic (exact) mass is 237 g/mol. The molecule has 1 saturated heterocycles. The number of nitrogens with one attached hydrogen (secondary N) is 2. The van der Waals surface area contributed by atoms with Crippen LogP contribution in [0.1, 0.15) is 46.5 Å². The molecule has 4 nitrogen and oxygen atoms in total. The van der Waals surface area contributed by atoms with Gasteiger partial charge < -0.3 is 4.90 Å². The van der Waals surface area contributed by atoms with Crippen LogP contribution in [0.3, 0.4) is 0 Å². The molecule has 2 unspecified atom stereocenters. The second-order valence-electron chi connectivity index (χ2n) is 5.84. The van der Waals surface area contributed by atoms with E-state index in [0.717, 1.165) is 25.8 Å². The zero-order valence-corrected chi connectivity index (χ0v) is 11.0. The first kappa shape index (κ1) is 12.4. The van der Waals surface area contributed by atoms with Gasteiger partial charge in [-0.1, -0.05) is 20.8 Å². The first-order valence-electron chi connectivity index (χ1n) is 6.67. The molecule has 0 radical (unpaired) electrons. The van der Waals surface area contributed by atoms with E-state index in [1.54, 1.807) is 0 Å². The summed E-state index contributed by atoms with van der Waals surface area (Å²) in [7, 11) is 0. The molecular formula is C13H23N3O. The topological polar surface area (TPSA) is 56.2 Å². The van der Waals surface area contributed by atoms with Crippen LogP contribution in [-0.4, -0.2) is 28.9 Å². The van der Waals surface area contributed by atoms with Crippen LogP contribution >= 0.6 is 0 Å². The molecule has 2 aliphatic rings. The lowest BCUT2D eigenvalue weighted by Gasteiger charge is -2.44. The largest absolute Gasteiger partial charge is 0.323 e. The molecule has 0 aromatic heterocycles. The van der Waals surface area contributed by atoms with Crippen molar-refractivity contribution in [2.24, 2.45) is 11.8 Å². The van der Waals surface area contributed by atoms with E-state index in [2.05, 4.69) is 26.1 Å². The summed E-state index contributed by atoms with van der Waals surface area (Å²) in [6.45, 7) is 7.31. The summed E-state index contributed by atoms with van der Waals surface area (Å²) >= 11 is 0. The zero-order chi connectivity index (χ0) is 12.6. The Hall–Kier alpha value is -1.06. The third-order valence-corrected chi connectivity index (χ3v) is 4.08. The smallest absolute Gasteiger partial charge is 0.312 e. The van der Waals surface area contributed by atoms with E-state index < -0.39 is 0 Å². The summed E-state index contributed by atoms with van der Waals surface area (Å²) in [5.74, 6) is 1.60. The maximum absolute atomic E-state index is 11.9. The summed E-state index contributed by atoms with van der Waals surface area (Å²) in [4.78, 5) is 13.8. The molecule has 2 atom stereocenters. The summed E-state index contributed by atoms with van der Waals surface area (Å²) < 4.78 is 0. The van der Waals surface area contributed by atoms with Gasteiger partial charge in [0.2, 0.25) is 0 Å². The third-order valence-electron chi connectivity index (χ3n) is 4.08. The number of amidine groups is 1. The van der Waals surface area contributed by atoms with Crippen molar-refractivity contribution in [3.05, 3.63) is 0 Å². The highest BCUT2D eigenvalue weighted by Crippen LogP contribution is 2.42. The second kappa shape index (κ2) is 4.31. The number of amides is 2. The van der Waals surface area contributed by atoms with Gasteiger partial charge in [-0.05, 0) is 37.5 Å². The minimum absolute atomic E-state index is 0.0712. The Morgan fingerprint density at radius 1 is 1.41 bits per heavy atom. The van der Waals surface area contributed by atoms with Crippen molar-refractivity contribution in [2.45, 2.75) is 52.0 Å². The predicted molar refractivity (Wildman–Crippen MR) is 68.2 cm³/mol. The quantitative estimate of drug-likeness (QED) is 0.762. The lowest BCUT2D eigenvalue weighted by atomic mass is 9.70.